The van der Waals surface area contributed by atoms with Gasteiger partial charge in [0.2, 0.25) is 0 Å². The maximum Gasteiger partial charge on any atom is 0.301 e. The number of rotatable bonds is 1. The Labute approximate surface area is 40.5 Å². The van der Waals surface area contributed by atoms with Gasteiger partial charge in [0.25, 0.3) is 0 Å². The van der Waals surface area contributed by atoms with Crippen molar-refractivity contribution in [2.45, 2.75) is 6.48 Å². The van der Waals surface area contributed by atoms with Gasteiger partial charge in [-0.1, -0.05) is 0 Å². The molecule has 1 aliphatic rings. The van der Waals surface area contributed by atoms with Crippen molar-refractivity contribution >= 4 is 0 Å². The third kappa shape index (κ3) is 1.10. The molecule has 4 nitrogen and oxygen atoms in total. The lowest BCUT2D eigenvalue weighted by Crippen LogP contribution is -2.09. The predicted octanol–water partition coefficient (Wildman–Crippen LogP) is -0.194. The van der Waals surface area contributed by atoms with Crippen LogP contribution in [0.25, 0.3) is 0 Å². The van der Waals surface area contributed by atoms with Gasteiger partial charge in [0, 0.05) is 0 Å². The molecule has 4 heteroatoms. The highest BCUT2D eigenvalue weighted by molar-refractivity contribution is 4.35. The van der Waals surface area contributed by atoms with Gasteiger partial charge in [-0.25, -0.2) is 5.26 Å². The molecule has 0 aromatic carbocycles. The summed E-state index contributed by atoms with van der Waals surface area (Å²) in [5, 5.41) is 7.82. The summed E-state index contributed by atoms with van der Waals surface area (Å²) in [6, 6.07) is 0. The van der Waals surface area contributed by atoms with Crippen molar-refractivity contribution in [1.82, 2.24) is 0 Å². The smallest absolute Gasteiger partial charge is 0.301 e. The maximum absolute atomic E-state index is 7.82. The van der Waals surface area contributed by atoms with Crippen LogP contribution >= 0.6 is 0 Å². The maximum atomic E-state index is 7.82. The molecule has 0 bridgehead atoms. The van der Waals surface area contributed by atoms with Gasteiger partial charge in [-0.15, -0.1) is 0 Å². The molecule has 0 aromatic heterocycles. The summed E-state index contributed by atoms with van der Waals surface area (Å²) < 4.78 is 9.22. The Bertz CT molecular complexity index is 48.9. The first kappa shape index (κ1) is 4.99. The highest BCUT2D eigenvalue weighted by atomic mass is 17.2. The zero-order valence-electron chi connectivity index (χ0n) is 3.66. The van der Waals surface area contributed by atoms with E-state index in [1.807, 2.05) is 0 Å². The van der Waals surface area contributed by atoms with Crippen LogP contribution in [-0.4, -0.2) is 24.9 Å². The molecule has 0 aliphatic carbocycles. The number of hydrogen-bond acceptors (Lipinski definition) is 4. The van der Waals surface area contributed by atoms with Crippen LogP contribution in [0, 0.1) is 0 Å². The minimum atomic E-state index is -0.847. The van der Waals surface area contributed by atoms with E-state index in [-0.39, 0.29) is 0 Å². The first-order valence-electron chi connectivity index (χ1n) is 1.97. The number of hydrogen-bond donors (Lipinski definition) is 1. The summed E-state index contributed by atoms with van der Waals surface area (Å²) in [4.78, 5) is 3.67. The lowest BCUT2D eigenvalue weighted by Gasteiger charge is -1.99. The van der Waals surface area contributed by atoms with E-state index in [0.29, 0.717) is 13.2 Å². The molecule has 0 saturated carbocycles. The molecule has 1 fully saturated rings. The molecule has 0 unspecified atom stereocenters. The van der Waals surface area contributed by atoms with Crippen LogP contribution in [-0.2, 0) is 14.4 Å². The summed E-state index contributed by atoms with van der Waals surface area (Å²) in [7, 11) is 0. The van der Waals surface area contributed by atoms with Crippen molar-refractivity contribution in [3.05, 3.63) is 0 Å². The molecule has 7 heavy (non-hydrogen) atoms. The molecule has 1 aliphatic heterocycles. The topological polar surface area (TPSA) is 47.9 Å². The molecule has 42 valence electrons. The first-order valence-corrected chi connectivity index (χ1v) is 1.97. The van der Waals surface area contributed by atoms with Crippen LogP contribution in [0.1, 0.15) is 0 Å². The van der Waals surface area contributed by atoms with Gasteiger partial charge in [0.15, 0.2) is 0 Å². The van der Waals surface area contributed by atoms with Crippen molar-refractivity contribution in [1.29, 1.82) is 0 Å². The monoisotopic (exact) mass is 106 g/mol. The van der Waals surface area contributed by atoms with Gasteiger partial charge in [0.05, 0.1) is 13.2 Å². The van der Waals surface area contributed by atoms with Gasteiger partial charge in [0.1, 0.15) is 0 Å². The average Bonchev–Trinajstić information content (AvgIpc) is 2.14. The zero-order valence-corrected chi connectivity index (χ0v) is 3.66. The van der Waals surface area contributed by atoms with E-state index in [9.17, 15) is 0 Å². The van der Waals surface area contributed by atoms with E-state index in [1.54, 1.807) is 0 Å². The van der Waals surface area contributed by atoms with Crippen molar-refractivity contribution in [2.75, 3.05) is 13.2 Å². The third-order valence-electron chi connectivity index (χ3n) is 0.677. The lowest BCUT2D eigenvalue weighted by atomic mass is 10.8. The Morgan fingerprint density at radius 2 is 2.00 bits per heavy atom. The summed E-state index contributed by atoms with van der Waals surface area (Å²) in [5.74, 6) is 0. The quantitative estimate of drug-likeness (QED) is 0.371. The Balaban J connectivity index is 2.14. The van der Waals surface area contributed by atoms with E-state index in [1.165, 1.54) is 0 Å². The van der Waals surface area contributed by atoms with Crippen molar-refractivity contribution < 1.29 is 19.6 Å². The van der Waals surface area contributed by atoms with Crippen LogP contribution in [0.5, 0.6) is 0 Å². The molecular formula is C3H6O4. The van der Waals surface area contributed by atoms with Crippen molar-refractivity contribution in [3.63, 3.8) is 0 Å². The highest BCUT2D eigenvalue weighted by Gasteiger charge is 2.14. The Kier molecular flexibility index (Phi) is 1.59. The van der Waals surface area contributed by atoms with Crippen LogP contribution < -0.4 is 0 Å². The van der Waals surface area contributed by atoms with Crippen LogP contribution in [0.3, 0.4) is 0 Å². The van der Waals surface area contributed by atoms with E-state index in [4.69, 9.17) is 5.26 Å². The summed E-state index contributed by atoms with van der Waals surface area (Å²) in [5.41, 5.74) is 0. The summed E-state index contributed by atoms with van der Waals surface area (Å²) in [6.07, 6.45) is 0. The van der Waals surface area contributed by atoms with E-state index < -0.39 is 6.48 Å². The molecule has 1 saturated heterocycles. The van der Waals surface area contributed by atoms with Crippen molar-refractivity contribution in [3.8, 4) is 0 Å². The lowest BCUT2D eigenvalue weighted by molar-refractivity contribution is -0.395. The SMILES string of the molecule is OOC1OCCO1. The van der Waals surface area contributed by atoms with Crippen molar-refractivity contribution in [2.24, 2.45) is 0 Å². The van der Waals surface area contributed by atoms with Gasteiger partial charge in [-0.2, -0.15) is 4.89 Å². The second kappa shape index (κ2) is 2.23. The van der Waals surface area contributed by atoms with Crippen LogP contribution in [0.4, 0.5) is 0 Å². The fourth-order valence-electron chi connectivity index (χ4n) is 0.398. The van der Waals surface area contributed by atoms with E-state index in [2.05, 4.69) is 14.4 Å². The molecular weight excluding hydrogens is 100 g/mol. The Hall–Kier alpha value is -0.160. The van der Waals surface area contributed by atoms with Gasteiger partial charge >= 0.3 is 6.48 Å². The summed E-state index contributed by atoms with van der Waals surface area (Å²) >= 11 is 0. The van der Waals surface area contributed by atoms with Gasteiger partial charge < -0.3 is 9.47 Å². The third-order valence-corrected chi connectivity index (χ3v) is 0.677. The minimum Gasteiger partial charge on any atom is -0.326 e. The fourth-order valence-corrected chi connectivity index (χ4v) is 0.398. The zero-order chi connectivity index (χ0) is 5.11. The molecule has 1 heterocycles. The molecule has 0 atom stereocenters. The number of ether oxygens (including phenoxy) is 2. The molecule has 1 rings (SSSR count). The van der Waals surface area contributed by atoms with Gasteiger partial charge in [-0.05, 0) is 0 Å². The second-order valence-electron chi connectivity index (χ2n) is 1.14. The standard InChI is InChI=1S/C3H6O4/c4-7-3-5-1-2-6-3/h3-4H,1-2H2. The Morgan fingerprint density at radius 1 is 1.43 bits per heavy atom. The molecule has 0 spiro atoms. The first-order chi connectivity index (χ1) is 3.43. The average molecular weight is 106 g/mol. The largest absolute Gasteiger partial charge is 0.326 e. The van der Waals surface area contributed by atoms with E-state index >= 15 is 0 Å². The normalized spacial score (nSPS) is 23.6. The molecule has 1 N–H and O–H groups in total. The second-order valence-corrected chi connectivity index (χ2v) is 1.14. The minimum absolute atomic E-state index is 0.491. The molecule has 0 radical (unpaired) electrons. The fraction of sp³-hybridized carbons (Fsp3) is 1.00. The summed E-state index contributed by atoms with van der Waals surface area (Å²) in [6.45, 7) is 0.135. The predicted molar refractivity (Wildman–Crippen MR) is 19.4 cm³/mol. The van der Waals surface area contributed by atoms with Crippen LogP contribution in [0.15, 0.2) is 0 Å². The van der Waals surface area contributed by atoms with Crippen LogP contribution in [0.2, 0.25) is 0 Å². The highest BCUT2D eigenvalue weighted by Crippen LogP contribution is 2.01. The Morgan fingerprint density at radius 3 is 2.29 bits per heavy atom. The van der Waals surface area contributed by atoms with E-state index in [0.717, 1.165) is 0 Å². The molecule has 0 amide bonds. The molecule has 0 aromatic rings. The van der Waals surface area contributed by atoms with Gasteiger partial charge in [-0.3, -0.25) is 0 Å².